The predicted octanol–water partition coefficient (Wildman–Crippen LogP) is 0.807. The quantitative estimate of drug-likeness (QED) is 0.434. The zero-order valence-corrected chi connectivity index (χ0v) is 5.63. The van der Waals surface area contributed by atoms with Crippen LogP contribution in [0.1, 0.15) is 6.42 Å². The maximum absolute atomic E-state index is 12.4. The van der Waals surface area contributed by atoms with Crippen molar-refractivity contribution >= 4 is 5.97 Å². The molecule has 0 radical (unpaired) electrons. The van der Waals surface area contributed by atoms with Gasteiger partial charge in [0.25, 0.3) is 0 Å². The van der Waals surface area contributed by atoms with Crippen LogP contribution >= 0.6 is 0 Å². The Bertz CT molecular complexity index is 152. The van der Waals surface area contributed by atoms with Crippen LogP contribution in [0, 0.1) is 6.57 Å². The fraction of sp³-hybridized carbons (Fsp3) is 0.667. The molecular weight excluding hydrogens is 137 g/mol. The van der Waals surface area contributed by atoms with Crippen LogP contribution in [-0.4, -0.2) is 25.8 Å². The Kier molecular flexibility index (Phi) is 4.21. The Morgan fingerprint density at radius 1 is 1.90 bits per heavy atom. The van der Waals surface area contributed by atoms with Crippen LogP contribution in [0.3, 0.4) is 0 Å². The third-order valence-electron chi connectivity index (χ3n) is 0.951. The van der Waals surface area contributed by atoms with Crippen LogP contribution in [0.2, 0.25) is 0 Å². The Labute approximate surface area is 58.6 Å². The molecule has 0 amide bonds. The summed E-state index contributed by atoms with van der Waals surface area (Å²) in [5.41, 5.74) is 0. The van der Waals surface area contributed by atoms with Gasteiger partial charge in [-0.3, -0.25) is 0 Å². The first-order chi connectivity index (χ1) is 4.72. The van der Waals surface area contributed by atoms with Crippen molar-refractivity contribution in [3.05, 3.63) is 11.4 Å². The van der Waals surface area contributed by atoms with Crippen molar-refractivity contribution in [2.75, 3.05) is 13.7 Å². The number of esters is 1. The van der Waals surface area contributed by atoms with E-state index in [4.69, 9.17) is 6.57 Å². The van der Waals surface area contributed by atoms with E-state index in [-0.39, 0.29) is 13.0 Å². The third-order valence-corrected chi connectivity index (χ3v) is 0.951. The standard InChI is InChI=1S/C6H8FNO2/c1-8-4-3-5(7)6(9)10-2/h5H,3-4H2,2H3. The van der Waals surface area contributed by atoms with Crippen LogP contribution in [0.25, 0.3) is 4.85 Å². The van der Waals surface area contributed by atoms with E-state index >= 15 is 0 Å². The van der Waals surface area contributed by atoms with Crippen molar-refractivity contribution in [2.45, 2.75) is 12.6 Å². The molecule has 0 aliphatic rings. The van der Waals surface area contributed by atoms with Gasteiger partial charge in [-0.15, -0.1) is 0 Å². The molecule has 0 spiro atoms. The maximum Gasteiger partial charge on any atom is 0.340 e. The minimum absolute atomic E-state index is 0.0241. The second-order valence-electron chi connectivity index (χ2n) is 1.66. The van der Waals surface area contributed by atoms with E-state index in [1.807, 2.05) is 0 Å². The Hall–Kier alpha value is -1.11. The van der Waals surface area contributed by atoms with Crippen LogP contribution < -0.4 is 0 Å². The number of hydrogen-bond donors (Lipinski definition) is 0. The van der Waals surface area contributed by atoms with E-state index in [1.165, 1.54) is 0 Å². The molecule has 4 heteroatoms. The van der Waals surface area contributed by atoms with Gasteiger partial charge in [-0.1, -0.05) is 0 Å². The van der Waals surface area contributed by atoms with Gasteiger partial charge in [-0.2, -0.15) is 0 Å². The monoisotopic (exact) mass is 145 g/mol. The molecule has 0 aromatic carbocycles. The van der Waals surface area contributed by atoms with Gasteiger partial charge in [0.1, 0.15) is 0 Å². The van der Waals surface area contributed by atoms with Gasteiger partial charge < -0.3 is 9.58 Å². The highest BCUT2D eigenvalue weighted by atomic mass is 19.1. The smallest absolute Gasteiger partial charge is 0.340 e. The molecule has 0 bridgehead atoms. The second-order valence-corrected chi connectivity index (χ2v) is 1.66. The van der Waals surface area contributed by atoms with Gasteiger partial charge in [-0.05, 0) is 0 Å². The van der Waals surface area contributed by atoms with E-state index in [2.05, 4.69) is 9.58 Å². The number of alkyl halides is 1. The topological polar surface area (TPSA) is 30.7 Å². The third kappa shape index (κ3) is 3.02. The van der Waals surface area contributed by atoms with Gasteiger partial charge in [0.2, 0.25) is 12.7 Å². The lowest BCUT2D eigenvalue weighted by atomic mass is 10.3. The van der Waals surface area contributed by atoms with Gasteiger partial charge in [0.15, 0.2) is 0 Å². The highest BCUT2D eigenvalue weighted by Crippen LogP contribution is 1.99. The van der Waals surface area contributed by atoms with Crippen molar-refractivity contribution in [1.82, 2.24) is 0 Å². The van der Waals surface area contributed by atoms with E-state index in [1.54, 1.807) is 0 Å². The second kappa shape index (κ2) is 4.74. The zero-order valence-electron chi connectivity index (χ0n) is 5.63. The first-order valence-electron chi connectivity index (χ1n) is 2.77. The first-order valence-corrected chi connectivity index (χ1v) is 2.77. The Balaban J connectivity index is 3.53. The summed E-state index contributed by atoms with van der Waals surface area (Å²) in [6.07, 6.45) is -1.71. The van der Waals surface area contributed by atoms with E-state index in [0.29, 0.717) is 0 Å². The zero-order chi connectivity index (χ0) is 7.98. The number of carbonyl (C=O) groups excluding carboxylic acids is 1. The normalized spacial score (nSPS) is 11.7. The molecule has 0 aliphatic heterocycles. The summed E-state index contributed by atoms with van der Waals surface area (Å²) in [5.74, 6) is -0.899. The summed E-state index contributed by atoms with van der Waals surface area (Å²) in [6.45, 7) is 6.32. The molecule has 0 aromatic rings. The van der Waals surface area contributed by atoms with Gasteiger partial charge >= 0.3 is 5.97 Å². The minimum Gasteiger partial charge on any atom is -0.467 e. The first kappa shape index (κ1) is 8.89. The molecule has 1 atom stereocenters. The number of nitrogens with zero attached hydrogens (tertiary/aromatic N) is 1. The van der Waals surface area contributed by atoms with Crippen molar-refractivity contribution in [2.24, 2.45) is 0 Å². The average Bonchev–Trinajstić information content (AvgIpc) is 1.98. The fourth-order valence-electron chi connectivity index (χ4n) is 0.424. The molecule has 3 nitrogen and oxygen atoms in total. The molecule has 0 saturated heterocycles. The summed E-state index contributed by atoms with van der Waals surface area (Å²) in [7, 11) is 1.12. The summed E-state index contributed by atoms with van der Waals surface area (Å²) in [5, 5.41) is 0. The Morgan fingerprint density at radius 3 is 2.90 bits per heavy atom. The van der Waals surface area contributed by atoms with E-state index in [0.717, 1.165) is 7.11 Å². The summed E-state index contributed by atoms with van der Waals surface area (Å²) in [4.78, 5) is 13.2. The summed E-state index contributed by atoms with van der Waals surface area (Å²) >= 11 is 0. The van der Waals surface area contributed by atoms with E-state index in [9.17, 15) is 9.18 Å². The van der Waals surface area contributed by atoms with Gasteiger partial charge in [-0.25, -0.2) is 15.8 Å². The predicted molar refractivity (Wildman–Crippen MR) is 33.0 cm³/mol. The lowest BCUT2D eigenvalue weighted by Gasteiger charge is -1.99. The number of ether oxygens (including phenoxy) is 1. The van der Waals surface area contributed by atoms with Gasteiger partial charge in [0.05, 0.1) is 13.5 Å². The van der Waals surface area contributed by atoms with Crippen molar-refractivity contribution in [3.8, 4) is 0 Å². The molecular formula is C6H8FNO2. The fourth-order valence-corrected chi connectivity index (χ4v) is 0.424. The molecule has 10 heavy (non-hydrogen) atoms. The minimum atomic E-state index is -1.64. The van der Waals surface area contributed by atoms with Crippen LogP contribution in [0.15, 0.2) is 0 Å². The summed E-state index contributed by atoms with van der Waals surface area (Å²) in [6, 6.07) is 0. The molecule has 0 N–H and O–H groups in total. The molecule has 0 fully saturated rings. The summed E-state index contributed by atoms with van der Waals surface area (Å²) < 4.78 is 16.5. The number of methoxy groups -OCH3 is 1. The highest BCUT2D eigenvalue weighted by Gasteiger charge is 2.17. The molecule has 0 rings (SSSR count). The number of halogens is 1. The van der Waals surface area contributed by atoms with Crippen LogP contribution in [0.5, 0.6) is 0 Å². The van der Waals surface area contributed by atoms with Crippen molar-refractivity contribution < 1.29 is 13.9 Å². The molecule has 0 heterocycles. The van der Waals surface area contributed by atoms with E-state index < -0.39 is 12.1 Å². The molecule has 1 unspecified atom stereocenters. The Morgan fingerprint density at radius 2 is 2.50 bits per heavy atom. The number of carbonyl (C=O) groups is 1. The molecule has 0 saturated carbocycles. The largest absolute Gasteiger partial charge is 0.467 e. The highest BCUT2D eigenvalue weighted by molar-refractivity contribution is 5.74. The van der Waals surface area contributed by atoms with Crippen molar-refractivity contribution in [1.29, 1.82) is 0 Å². The maximum atomic E-state index is 12.4. The molecule has 56 valence electrons. The number of hydrogen-bond acceptors (Lipinski definition) is 2. The molecule has 0 aliphatic carbocycles. The van der Waals surface area contributed by atoms with Crippen LogP contribution in [0.4, 0.5) is 4.39 Å². The number of rotatable bonds is 3. The molecule has 0 aromatic heterocycles. The SMILES string of the molecule is [C-]#[N+]CCC(F)C(=O)OC. The average molecular weight is 145 g/mol. The van der Waals surface area contributed by atoms with Gasteiger partial charge in [0, 0.05) is 0 Å². The lowest BCUT2D eigenvalue weighted by molar-refractivity contribution is -0.146. The van der Waals surface area contributed by atoms with Crippen LogP contribution in [-0.2, 0) is 9.53 Å². The van der Waals surface area contributed by atoms with Crippen molar-refractivity contribution in [3.63, 3.8) is 0 Å². The lowest BCUT2D eigenvalue weighted by Crippen LogP contribution is -2.17.